The molecule has 84 valence electrons. The van der Waals surface area contributed by atoms with Crippen molar-refractivity contribution in [2.24, 2.45) is 0 Å². The topological polar surface area (TPSA) is 54.7 Å². The molecule has 1 heterocycles. The fourth-order valence-corrected chi connectivity index (χ4v) is 2.01. The van der Waals surface area contributed by atoms with Crippen molar-refractivity contribution in [2.45, 2.75) is 26.7 Å². The molecule has 0 amide bonds. The van der Waals surface area contributed by atoms with Gasteiger partial charge < -0.3 is 5.73 Å². The van der Waals surface area contributed by atoms with Gasteiger partial charge >= 0.3 is 0 Å². The lowest BCUT2D eigenvalue weighted by Gasteiger charge is -2.09. The Morgan fingerprint density at radius 2 is 1.94 bits per heavy atom. The molecule has 3 N–H and O–H groups in total. The van der Waals surface area contributed by atoms with Crippen LogP contribution in [0, 0.1) is 6.92 Å². The lowest BCUT2D eigenvalue weighted by atomic mass is 9.96. The van der Waals surface area contributed by atoms with Crippen molar-refractivity contribution in [1.29, 1.82) is 0 Å². The minimum Gasteiger partial charge on any atom is -0.382 e. The van der Waals surface area contributed by atoms with Crippen LogP contribution >= 0.6 is 0 Å². The highest BCUT2D eigenvalue weighted by molar-refractivity contribution is 5.71. The molecule has 1 aromatic heterocycles. The van der Waals surface area contributed by atoms with E-state index >= 15 is 0 Å². The van der Waals surface area contributed by atoms with Gasteiger partial charge in [0.15, 0.2) is 0 Å². The second kappa shape index (κ2) is 4.00. The van der Waals surface area contributed by atoms with Crippen LogP contribution in [0.2, 0.25) is 0 Å². The fourth-order valence-electron chi connectivity index (χ4n) is 2.01. The zero-order valence-corrected chi connectivity index (χ0v) is 9.91. The van der Waals surface area contributed by atoms with E-state index in [1.165, 1.54) is 11.1 Å². The highest BCUT2D eigenvalue weighted by atomic mass is 15.2. The van der Waals surface area contributed by atoms with Crippen LogP contribution in [0.3, 0.4) is 0 Å². The molecule has 0 aliphatic heterocycles. The van der Waals surface area contributed by atoms with E-state index in [1.54, 1.807) is 0 Å². The maximum absolute atomic E-state index is 5.89. The van der Waals surface area contributed by atoms with Gasteiger partial charge in [-0.25, -0.2) is 0 Å². The van der Waals surface area contributed by atoms with Gasteiger partial charge in [0.1, 0.15) is 5.82 Å². The average Bonchev–Trinajstić information content (AvgIpc) is 2.61. The van der Waals surface area contributed by atoms with Gasteiger partial charge in [-0.1, -0.05) is 38.1 Å². The Balaban J connectivity index is 2.61. The van der Waals surface area contributed by atoms with Crippen molar-refractivity contribution in [3.8, 4) is 11.3 Å². The number of hydrogen-bond acceptors (Lipinski definition) is 2. The summed E-state index contributed by atoms with van der Waals surface area (Å²) in [7, 11) is 0. The SMILES string of the molecule is Cc1ccccc1-c1[nH]nc(N)c1C(C)C. The lowest BCUT2D eigenvalue weighted by Crippen LogP contribution is -1.95. The first-order valence-electron chi connectivity index (χ1n) is 5.51. The summed E-state index contributed by atoms with van der Waals surface area (Å²) in [5.41, 5.74) is 10.4. The molecule has 16 heavy (non-hydrogen) atoms. The van der Waals surface area contributed by atoms with Gasteiger partial charge in [0.25, 0.3) is 0 Å². The summed E-state index contributed by atoms with van der Waals surface area (Å²) in [5, 5.41) is 7.15. The van der Waals surface area contributed by atoms with Gasteiger partial charge in [-0.3, -0.25) is 5.10 Å². The second-order valence-electron chi connectivity index (χ2n) is 4.37. The summed E-state index contributed by atoms with van der Waals surface area (Å²) < 4.78 is 0. The smallest absolute Gasteiger partial charge is 0.149 e. The molecule has 0 aliphatic carbocycles. The van der Waals surface area contributed by atoms with Crippen LogP contribution in [0.25, 0.3) is 11.3 Å². The van der Waals surface area contributed by atoms with Crippen LogP contribution in [-0.4, -0.2) is 10.2 Å². The number of aromatic amines is 1. The number of H-pyrrole nitrogens is 1. The van der Waals surface area contributed by atoms with E-state index in [2.05, 4.69) is 43.1 Å². The molecule has 0 bridgehead atoms. The predicted octanol–water partition coefficient (Wildman–Crippen LogP) is 3.09. The predicted molar refractivity (Wildman–Crippen MR) is 67.3 cm³/mol. The summed E-state index contributed by atoms with van der Waals surface area (Å²) in [4.78, 5) is 0. The molecule has 0 saturated heterocycles. The molecule has 1 aromatic carbocycles. The van der Waals surface area contributed by atoms with Gasteiger partial charge in [-0.15, -0.1) is 0 Å². The second-order valence-corrected chi connectivity index (χ2v) is 4.37. The van der Waals surface area contributed by atoms with Crippen molar-refractivity contribution in [2.75, 3.05) is 5.73 Å². The van der Waals surface area contributed by atoms with Crippen LogP contribution in [0.5, 0.6) is 0 Å². The molecule has 3 nitrogen and oxygen atoms in total. The monoisotopic (exact) mass is 215 g/mol. The molecule has 0 atom stereocenters. The van der Waals surface area contributed by atoms with Crippen LogP contribution in [-0.2, 0) is 0 Å². The summed E-state index contributed by atoms with van der Waals surface area (Å²) in [6.07, 6.45) is 0. The molecule has 0 aliphatic rings. The van der Waals surface area contributed by atoms with Gasteiger partial charge in [0, 0.05) is 11.1 Å². The first kappa shape index (κ1) is 10.7. The highest BCUT2D eigenvalue weighted by Gasteiger charge is 2.16. The molecular formula is C13H17N3. The zero-order chi connectivity index (χ0) is 11.7. The first-order valence-corrected chi connectivity index (χ1v) is 5.51. The highest BCUT2D eigenvalue weighted by Crippen LogP contribution is 2.32. The Kier molecular flexibility index (Phi) is 2.69. The van der Waals surface area contributed by atoms with Crippen LogP contribution in [0.4, 0.5) is 5.82 Å². The van der Waals surface area contributed by atoms with Crippen molar-refractivity contribution in [3.05, 3.63) is 35.4 Å². The number of hydrogen-bond donors (Lipinski definition) is 2. The van der Waals surface area contributed by atoms with Crippen LogP contribution in [0.1, 0.15) is 30.9 Å². The number of rotatable bonds is 2. The molecule has 0 fully saturated rings. The minimum atomic E-state index is 0.369. The summed E-state index contributed by atoms with van der Waals surface area (Å²) in [6, 6.07) is 8.25. The summed E-state index contributed by atoms with van der Waals surface area (Å²) in [5.74, 6) is 0.974. The van der Waals surface area contributed by atoms with E-state index < -0.39 is 0 Å². The number of nitrogen functional groups attached to an aromatic ring is 1. The number of aromatic nitrogens is 2. The van der Waals surface area contributed by atoms with Gasteiger partial charge in [0.2, 0.25) is 0 Å². The van der Waals surface area contributed by atoms with Crippen molar-refractivity contribution >= 4 is 5.82 Å². The van der Waals surface area contributed by atoms with E-state index in [0.29, 0.717) is 11.7 Å². The van der Waals surface area contributed by atoms with Crippen molar-refractivity contribution < 1.29 is 0 Å². The third kappa shape index (κ3) is 1.69. The molecule has 2 rings (SSSR count). The quantitative estimate of drug-likeness (QED) is 0.808. The standard InChI is InChI=1S/C13H17N3/c1-8(2)11-12(15-16-13(11)14)10-7-5-4-6-9(10)3/h4-8H,1-3H3,(H3,14,15,16). The van der Waals surface area contributed by atoms with Crippen LogP contribution in [0.15, 0.2) is 24.3 Å². The van der Waals surface area contributed by atoms with Gasteiger partial charge in [-0.2, -0.15) is 5.10 Å². The van der Waals surface area contributed by atoms with Gasteiger partial charge in [0.05, 0.1) is 5.69 Å². The largest absolute Gasteiger partial charge is 0.382 e. The summed E-state index contributed by atoms with van der Waals surface area (Å²) >= 11 is 0. The Morgan fingerprint density at radius 3 is 2.56 bits per heavy atom. The van der Waals surface area contributed by atoms with E-state index in [-0.39, 0.29) is 0 Å². The van der Waals surface area contributed by atoms with E-state index in [9.17, 15) is 0 Å². The van der Waals surface area contributed by atoms with Crippen molar-refractivity contribution in [1.82, 2.24) is 10.2 Å². The number of anilines is 1. The molecule has 0 spiro atoms. The number of nitrogens with zero attached hydrogens (tertiary/aromatic N) is 1. The normalized spacial score (nSPS) is 11.0. The van der Waals surface area contributed by atoms with E-state index in [0.717, 1.165) is 11.3 Å². The molecule has 0 radical (unpaired) electrons. The third-order valence-corrected chi connectivity index (χ3v) is 2.83. The van der Waals surface area contributed by atoms with Crippen LogP contribution < -0.4 is 5.73 Å². The fraction of sp³-hybridized carbons (Fsp3) is 0.308. The Labute approximate surface area is 95.7 Å². The molecule has 0 unspecified atom stereocenters. The number of benzene rings is 1. The maximum atomic E-state index is 5.89. The number of aryl methyl sites for hydroxylation is 1. The van der Waals surface area contributed by atoms with Crippen molar-refractivity contribution in [3.63, 3.8) is 0 Å². The molecule has 3 heteroatoms. The summed E-state index contributed by atoms with van der Waals surface area (Å²) in [6.45, 7) is 6.35. The van der Waals surface area contributed by atoms with E-state index in [4.69, 9.17) is 5.73 Å². The van der Waals surface area contributed by atoms with Gasteiger partial charge in [-0.05, 0) is 18.4 Å². The Bertz CT molecular complexity index is 498. The molecular weight excluding hydrogens is 198 g/mol. The average molecular weight is 215 g/mol. The molecule has 2 aromatic rings. The lowest BCUT2D eigenvalue weighted by molar-refractivity contribution is 0.873. The minimum absolute atomic E-state index is 0.369. The maximum Gasteiger partial charge on any atom is 0.149 e. The number of nitrogens with one attached hydrogen (secondary N) is 1. The zero-order valence-electron chi connectivity index (χ0n) is 9.91. The number of nitrogens with two attached hydrogens (primary N) is 1. The molecule has 0 saturated carbocycles. The Hall–Kier alpha value is -1.77. The Morgan fingerprint density at radius 1 is 1.25 bits per heavy atom. The third-order valence-electron chi connectivity index (χ3n) is 2.83. The van der Waals surface area contributed by atoms with E-state index in [1.807, 2.05) is 12.1 Å². The first-order chi connectivity index (χ1) is 7.61.